The van der Waals surface area contributed by atoms with Crippen LogP contribution >= 0.6 is 0 Å². The molecule has 0 N–H and O–H groups in total. The molecule has 3 heteroatoms. The lowest BCUT2D eigenvalue weighted by molar-refractivity contribution is 0.392. The summed E-state index contributed by atoms with van der Waals surface area (Å²) in [7, 11) is 3.16. The monoisotopic (exact) mass is 207 g/mol. The molecule has 0 fully saturated rings. The van der Waals surface area contributed by atoms with Crippen molar-refractivity contribution < 1.29 is 14.3 Å². The van der Waals surface area contributed by atoms with E-state index in [-0.39, 0.29) is 0 Å². The summed E-state index contributed by atoms with van der Waals surface area (Å²) in [5.74, 6) is 1.35. The quantitative estimate of drug-likeness (QED) is 0.758. The average molecular weight is 207 g/mol. The number of rotatable bonds is 4. The molecule has 0 heterocycles. The lowest BCUT2D eigenvalue weighted by Gasteiger charge is -2.18. The van der Waals surface area contributed by atoms with Gasteiger partial charge >= 0.3 is 0 Å². The Balaban J connectivity index is 3.23. The molecule has 0 aromatic heterocycles. The van der Waals surface area contributed by atoms with Crippen LogP contribution in [0.3, 0.4) is 0 Å². The molecule has 0 atom stereocenters. The van der Waals surface area contributed by atoms with Crippen molar-refractivity contribution in [2.75, 3.05) is 14.2 Å². The summed E-state index contributed by atoms with van der Waals surface area (Å²) in [5, 5.41) is 0. The highest BCUT2D eigenvalue weighted by atomic mass is 16.5. The van der Waals surface area contributed by atoms with E-state index < -0.39 is 5.41 Å². The fourth-order valence-corrected chi connectivity index (χ4v) is 1.23. The van der Waals surface area contributed by atoms with Gasteiger partial charge in [0.2, 0.25) is 6.29 Å². The molecule has 0 aliphatic heterocycles. The van der Waals surface area contributed by atoms with Gasteiger partial charge in [0.1, 0.15) is 11.5 Å². The highest BCUT2D eigenvalue weighted by Crippen LogP contribution is 2.29. The maximum Gasteiger partial charge on any atom is 0.209 e. The van der Waals surface area contributed by atoms with E-state index in [4.69, 9.17) is 9.47 Å². The summed E-state index contributed by atoms with van der Waals surface area (Å²) in [6.07, 6.45) is 2.00. The maximum atomic E-state index is 10.8. The Morgan fingerprint density at radius 2 is 1.53 bits per heavy atom. The predicted molar refractivity (Wildman–Crippen MR) is 58.3 cm³/mol. The molecular formula is C12H15O3. The van der Waals surface area contributed by atoms with Crippen LogP contribution in [-0.2, 0) is 10.2 Å². The predicted octanol–water partition coefficient (Wildman–Crippen LogP) is 2.09. The zero-order chi connectivity index (χ0) is 11.5. The van der Waals surface area contributed by atoms with Crippen LogP contribution in [0, 0.1) is 0 Å². The van der Waals surface area contributed by atoms with Crippen LogP contribution in [0.1, 0.15) is 19.4 Å². The summed E-state index contributed by atoms with van der Waals surface area (Å²) >= 11 is 0. The van der Waals surface area contributed by atoms with Gasteiger partial charge in [-0.25, -0.2) is 0 Å². The molecule has 0 spiro atoms. The standard InChI is InChI=1S/C12H15O3/c1-12(2,8-13)9-5-10(14-3)7-11(6-9)15-4/h5-7H,1-4H3. The first-order valence-corrected chi connectivity index (χ1v) is 4.66. The van der Waals surface area contributed by atoms with Crippen molar-refractivity contribution in [3.8, 4) is 11.5 Å². The van der Waals surface area contributed by atoms with E-state index >= 15 is 0 Å². The zero-order valence-corrected chi connectivity index (χ0v) is 9.46. The van der Waals surface area contributed by atoms with Gasteiger partial charge < -0.3 is 9.47 Å². The summed E-state index contributed by atoms with van der Waals surface area (Å²) in [5.41, 5.74) is 0.177. The normalized spacial score (nSPS) is 10.9. The van der Waals surface area contributed by atoms with Gasteiger partial charge in [-0.2, -0.15) is 0 Å². The van der Waals surface area contributed by atoms with Gasteiger partial charge in [0, 0.05) is 6.07 Å². The average Bonchev–Trinajstić information content (AvgIpc) is 2.28. The Labute approximate surface area is 90.0 Å². The third-order valence-corrected chi connectivity index (χ3v) is 2.33. The first-order chi connectivity index (χ1) is 7.03. The Bertz CT molecular complexity index is 334. The van der Waals surface area contributed by atoms with E-state index in [1.54, 1.807) is 34.1 Å². The third kappa shape index (κ3) is 2.49. The number of carbonyl (C=O) groups excluding carboxylic acids is 1. The second kappa shape index (κ2) is 4.34. The fraction of sp³-hybridized carbons (Fsp3) is 0.417. The van der Waals surface area contributed by atoms with E-state index in [1.165, 1.54) is 0 Å². The van der Waals surface area contributed by atoms with Gasteiger partial charge in [-0.05, 0) is 31.5 Å². The van der Waals surface area contributed by atoms with Crippen molar-refractivity contribution in [2.24, 2.45) is 0 Å². The van der Waals surface area contributed by atoms with Gasteiger partial charge in [0.15, 0.2) is 0 Å². The van der Waals surface area contributed by atoms with E-state index in [0.717, 1.165) is 5.56 Å². The molecule has 1 rings (SSSR count). The summed E-state index contributed by atoms with van der Waals surface area (Å²) in [6, 6.07) is 5.39. The number of benzene rings is 1. The van der Waals surface area contributed by atoms with Gasteiger partial charge in [0.25, 0.3) is 0 Å². The van der Waals surface area contributed by atoms with Gasteiger partial charge in [0.05, 0.1) is 19.6 Å². The van der Waals surface area contributed by atoms with Gasteiger partial charge in [-0.3, -0.25) is 4.79 Å². The van der Waals surface area contributed by atoms with Crippen molar-refractivity contribution in [1.82, 2.24) is 0 Å². The van der Waals surface area contributed by atoms with Crippen molar-refractivity contribution in [3.05, 3.63) is 23.8 Å². The van der Waals surface area contributed by atoms with E-state index in [9.17, 15) is 4.79 Å². The van der Waals surface area contributed by atoms with Crippen molar-refractivity contribution in [2.45, 2.75) is 19.3 Å². The van der Waals surface area contributed by atoms with Crippen molar-refractivity contribution >= 4 is 6.29 Å². The molecule has 1 aromatic rings. The lowest BCUT2D eigenvalue weighted by atomic mass is 9.86. The molecule has 0 amide bonds. The summed E-state index contributed by atoms with van der Waals surface area (Å²) in [6.45, 7) is 3.60. The number of hydrogen-bond donors (Lipinski definition) is 0. The SMILES string of the molecule is COc1cc(OC)cc(C(C)(C)[C]=O)c1. The highest BCUT2D eigenvalue weighted by molar-refractivity contribution is 5.68. The summed E-state index contributed by atoms with van der Waals surface area (Å²) < 4.78 is 10.3. The molecule has 15 heavy (non-hydrogen) atoms. The molecule has 0 aliphatic carbocycles. The Hall–Kier alpha value is -1.51. The van der Waals surface area contributed by atoms with Crippen molar-refractivity contribution in [3.63, 3.8) is 0 Å². The second-order valence-corrected chi connectivity index (χ2v) is 3.83. The number of ether oxygens (including phenoxy) is 2. The van der Waals surface area contributed by atoms with Gasteiger partial charge in [-0.15, -0.1) is 0 Å². The first-order valence-electron chi connectivity index (χ1n) is 4.66. The van der Waals surface area contributed by atoms with Crippen LogP contribution < -0.4 is 9.47 Å². The molecule has 1 radical (unpaired) electrons. The van der Waals surface area contributed by atoms with Crippen LogP contribution in [0.25, 0.3) is 0 Å². The smallest absolute Gasteiger partial charge is 0.209 e. The minimum Gasteiger partial charge on any atom is -0.497 e. The van der Waals surface area contributed by atoms with Crippen LogP contribution in [0.5, 0.6) is 11.5 Å². The molecule has 81 valence electrons. The molecule has 0 saturated heterocycles. The fourth-order valence-electron chi connectivity index (χ4n) is 1.23. The highest BCUT2D eigenvalue weighted by Gasteiger charge is 2.22. The molecule has 1 aromatic carbocycles. The Kier molecular flexibility index (Phi) is 3.35. The molecule has 3 nitrogen and oxygen atoms in total. The number of methoxy groups -OCH3 is 2. The molecular weight excluding hydrogens is 192 g/mol. The van der Waals surface area contributed by atoms with Crippen LogP contribution in [0.2, 0.25) is 0 Å². The molecule has 0 aliphatic rings. The first kappa shape index (κ1) is 11.6. The topological polar surface area (TPSA) is 35.5 Å². The zero-order valence-electron chi connectivity index (χ0n) is 9.46. The minimum atomic E-state index is -0.651. The van der Waals surface area contributed by atoms with E-state index in [2.05, 4.69) is 0 Å². The van der Waals surface area contributed by atoms with E-state index in [1.807, 2.05) is 18.4 Å². The minimum absolute atomic E-state index is 0.651. The molecule has 0 bridgehead atoms. The van der Waals surface area contributed by atoms with E-state index in [0.29, 0.717) is 11.5 Å². The second-order valence-electron chi connectivity index (χ2n) is 3.83. The maximum absolute atomic E-state index is 10.8. The summed E-state index contributed by atoms with van der Waals surface area (Å²) in [4.78, 5) is 10.8. The molecule has 0 unspecified atom stereocenters. The molecule has 0 saturated carbocycles. The third-order valence-electron chi connectivity index (χ3n) is 2.33. The van der Waals surface area contributed by atoms with Crippen LogP contribution in [0.15, 0.2) is 18.2 Å². The van der Waals surface area contributed by atoms with Crippen LogP contribution in [-0.4, -0.2) is 20.5 Å². The van der Waals surface area contributed by atoms with Crippen molar-refractivity contribution in [1.29, 1.82) is 0 Å². The number of hydrogen-bond acceptors (Lipinski definition) is 3. The van der Waals surface area contributed by atoms with Gasteiger partial charge in [-0.1, -0.05) is 0 Å². The lowest BCUT2D eigenvalue weighted by Crippen LogP contribution is -2.18. The Morgan fingerprint density at radius 3 is 1.87 bits per heavy atom. The Morgan fingerprint density at radius 1 is 1.07 bits per heavy atom. The van der Waals surface area contributed by atoms with Crippen LogP contribution in [0.4, 0.5) is 0 Å². The largest absolute Gasteiger partial charge is 0.497 e.